The van der Waals surface area contributed by atoms with Crippen molar-refractivity contribution in [3.05, 3.63) is 81.7 Å². The largest absolute Gasteiger partial charge is 0.480 e. The highest BCUT2D eigenvalue weighted by molar-refractivity contribution is 7.87. The van der Waals surface area contributed by atoms with Gasteiger partial charge in [-0.3, -0.25) is 14.4 Å². The molecule has 2 aromatic carbocycles. The first-order chi connectivity index (χ1) is 19.1. The molecule has 0 aromatic heterocycles. The summed E-state index contributed by atoms with van der Waals surface area (Å²) in [6.45, 7) is 7.38. The van der Waals surface area contributed by atoms with E-state index in [1.165, 1.54) is 30.3 Å². The van der Waals surface area contributed by atoms with Gasteiger partial charge in [0.25, 0.3) is 0 Å². The van der Waals surface area contributed by atoms with E-state index >= 15 is 0 Å². The molecule has 8 nitrogen and oxygen atoms in total. The minimum Gasteiger partial charge on any atom is -0.480 e. The molecule has 0 radical (unpaired) electrons. The van der Waals surface area contributed by atoms with Crippen LogP contribution in [0.1, 0.15) is 64.9 Å². The zero-order valence-electron chi connectivity index (χ0n) is 23.4. The molecule has 1 heterocycles. The lowest BCUT2D eigenvalue weighted by Gasteiger charge is -2.48. The molecule has 10 heteroatoms. The summed E-state index contributed by atoms with van der Waals surface area (Å²) >= 11 is 6.44. The van der Waals surface area contributed by atoms with Gasteiger partial charge in [-0.15, -0.1) is 0 Å². The summed E-state index contributed by atoms with van der Waals surface area (Å²) in [4.78, 5) is 41.5. The second kappa shape index (κ2) is 10.1. The standard InChI is InChI=1S/C31H32ClNO7S/c1-30(2)13-21-28(23(34)15-30)27(29-22(33(21)17-26(36)37)14-31(3,4)16-24(29)35)20-12-18(32)10-11-25(20)40-41(38,39)19-8-6-5-7-9-19/h5-12,27H,13-17H2,1-4H3,(H,36,37). The van der Waals surface area contributed by atoms with Crippen LogP contribution in [0.5, 0.6) is 5.75 Å². The van der Waals surface area contributed by atoms with Crippen molar-refractivity contribution >= 4 is 39.3 Å². The van der Waals surface area contributed by atoms with Gasteiger partial charge in [-0.2, -0.15) is 8.42 Å². The highest BCUT2D eigenvalue weighted by Gasteiger charge is 2.50. The number of carboxylic acid groups (broad SMARTS) is 1. The Morgan fingerprint density at radius 3 is 1.98 bits per heavy atom. The quantitative estimate of drug-likeness (QED) is 0.410. The van der Waals surface area contributed by atoms with E-state index < -0.39 is 39.4 Å². The van der Waals surface area contributed by atoms with Gasteiger partial charge in [-0.1, -0.05) is 57.5 Å². The van der Waals surface area contributed by atoms with Gasteiger partial charge in [0.15, 0.2) is 11.6 Å². The minimum absolute atomic E-state index is 0.0519. The van der Waals surface area contributed by atoms with E-state index in [-0.39, 0.29) is 45.6 Å². The molecule has 0 saturated carbocycles. The normalized spacial score (nSPS) is 20.6. The first-order valence-corrected chi connectivity index (χ1v) is 15.2. The van der Waals surface area contributed by atoms with Gasteiger partial charge in [-0.05, 0) is 54.0 Å². The van der Waals surface area contributed by atoms with Gasteiger partial charge in [0.1, 0.15) is 17.2 Å². The molecule has 2 aromatic rings. The highest BCUT2D eigenvalue weighted by atomic mass is 35.5. The van der Waals surface area contributed by atoms with E-state index in [1.54, 1.807) is 23.1 Å². The topological polar surface area (TPSA) is 118 Å². The number of nitrogens with zero attached hydrogens (tertiary/aromatic N) is 1. The SMILES string of the molecule is CC1(C)CC(=O)C2=C(C1)N(CC(=O)O)C1=C(C(=O)CC(C)(C)C1)C2c1cc(Cl)ccc1OS(=O)(=O)c1ccccc1. The average molecular weight is 598 g/mol. The minimum atomic E-state index is -4.27. The molecule has 216 valence electrons. The van der Waals surface area contributed by atoms with E-state index in [4.69, 9.17) is 15.8 Å². The predicted molar refractivity (Wildman–Crippen MR) is 153 cm³/mol. The van der Waals surface area contributed by atoms with Gasteiger partial charge in [0.05, 0.1) is 0 Å². The van der Waals surface area contributed by atoms with Crippen LogP contribution in [0.3, 0.4) is 0 Å². The summed E-state index contributed by atoms with van der Waals surface area (Å²) in [5.41, 5.74) is 1.04. The maximum Gasteiger partial charge on any atom is 0.339 e. The summed E-state index contributed by atoms with van der Waals surface area (Å²) < 4.78 is 32.2. The summed E-state index contributed by atoms with van der Waals surface area (Å²) in [7, 11) is -4.27. The molecule has 2 aliphatic carbocycles. The number of ketones is 2. The number of aliphatic carboxylic acids is 1. The van der Waals surface area contributed by atoms with Gasteiger partial charge >= 0.3 is 16.1 Å². The molecular weight excluding hydrogens is 566 g/mol. The van der Waals surface area contributed by atoms with Crippen molar-refractivity contribution in [3.63, 3.8) is 0 Å². The van der Waals surface area contributed by atoms with E-state index in [0.29, 0.717) is 35.4 Å². The number of rotatable bonds is 6. The van der Waals surface area contributed by atoms with Crippen molar-refractivity contribution in [2.24, 2.45) is 10.8 Å². The summed E-state index contributed by atoms with van der Waals surface area (Å²) in [6, 6.07) is 12.1. The predicted octanol–water partition coefficient (Wildman–Crippen LogP) is 5.88. The second-order valence-electron chi connectivity index (χ2n) is 12.5. The number of hydrogen-bond acceptors (Lipinski definition) is 7. The van der Waals surface area contributed by atoms with Gasteiger partial charge in [-0.25, -0.2) is 0 Å². The van der Waals surface area contributed by atoms with Crippen molar-refractivity contribution in [2.75, 3.05) is 6.54 Å². The van der Waals surface area contributed by atoms with Crippen molar-refractivity contribution in [1.29, 1.82) is 0 Å². The number of Topliss-reactive ketones (excluding diaryl/α,β-unsaturated/α-hetero) is 2. The summed E-state index contributed by atoms with van der Waals surface area (Å²) in [5.74, 6) is -2.55. The third kappa shape index (κ3) is 5.57. The maximum absolute atomic E-state index is 13.9. The first kappa shape index (κ1) is 29.1. The van der Waals surface area contributed by atoms with E-state index in [1.807, 2.05) is 27.7 Å². The molecule has 5 rings (SSSR count). The zero-order chi connectivity index (χ0) is 29.9. The summed E-state index contributed by atoms with van der Waals surface area (Å²) in [5, 5.41) is 10.1. The maximum atomic E-state index is 13.9. The van der Waals surface area contributed by atoms with Crippen molar-refractivity contribution in [3.8, 4) is 5.75 Å². The van der Waals surface area contributed by atoms with Crippen LogP contribution in [-0.2, 0) is 24.5 Å². The number of hydrogen-bond donors (Lipinski definition) is 1. The third-order valence-corrected chi connectivity index (χ3v) is 9.31. The number of benzene rings is 2. The lowest BCUT2D eigenvalue weighted by Crippen LogP contribution is -2.45. The van der Waals surface area contributed by atoms with Crippen LogP contribution in [0.25, 0.3) is 0 Å². The fraction of sp³-hybridized carbons (Fsp3) is 0.387. The smallest absolute Gasteiger partial charge is 0.339 e. The Hall–Kier alpha value is -3.43. The van der Waals surface area contributed by atoms with Gasteiger partial charge in [0.2, 0.25) is 0 Å². The summed E-state index contributed by atoms with van der Waals surface area (Å²) in [6.07, 6.45) is 1.18. The molecule has 0 fully saturated rings. The number of carbonyl (C=O) groups is 3. The second-order valence-corrected chi connectivity index (χ2v) is 14.5. The van der Waals surface area contributed by atoms with Crippen LogP contribution in [0.2, 0.25) is 5.02 Å². The van der Waals surface area contributed by atoms with Crippen LogP contribution in [0, 0.1) is 10.8 Å². The molecule has 1 N–H and O–H groups in total. The molecule has 0 saturated heterocycles. The molecule has 1 aliphatic heterocycles. The Labute approximate surface area is 244 Å². The fourth-order valence-electron chi connectivity index (χ4n) is 6.26. The Bertz CT molecular complexity index is 1580. The Kier molecular flexibility index (Phi) is 7.19. The molecule has 0 spiro atoms. The van der Waals surface area contributed by atoms with E-state index in [9.17, 15) is 27.9 Å². The third-order valence-electron chi connectivity index (χ3n) is 7.83. The molecule has 0 bridgehead atoms. The van der Waals surface area contributed by atoms with Crippen LogP contribution >= 0.6 is 11.6 Å². The van der Waals surface area contributed by atoms with E-state index in [0.717, 1.165) is 0 Å². The molecule has 41 heavy (non-hydrogen) atoms. The molecule has 3 aliphatic rings. The molecule has 0 atom stereocenters. The van der Waals surface area contributed by atoms with Gasteiger partial charge in [0, 0.05) is 51.9 Å². The Balaban J connectivity index is 1.78. The fourth-order valence-corrected chi connectivity index (χ4v) is 7.41. The first-order valence-electron chi connectivity index (χ1n) is 13.4. The number of carboxylic acids is 1. The van der Waals surface area contributed by atoms with Crippen LogP contribution in [-0.4, -0.2) is 42.5 Å². The van der Waals surface area contributed by atoms with Crippen LogP contribution < -0.4 is 4.18 Å². The average Bonchev–Trinajstić information content (AvgIpc) is 2.85. The van der Waals surface area contributed by atoms with E-state index in [2.05, 4.69) is 0 Å². The highest BCUT2D eigenvalue weighted by Crippen LogP contribution is 2.55. The van der Waals surface area contributed by atoms with Crippen molar-refractivity contribution < 1.29 is 32.1 Å². The number of allylic oxidation sites excluding steroid dienone is 4. The van der Waals surface area contributed by atoms with Crippen molar-refractivity contribution in [2.45, 2.75) is 64.2 Å². The number of carbonyl (C=O) groups excluding carboxylic acids is 2. The molecule has 0 amide bonds. The lowest BCUT2D eigenvalue weighted by atomic mass is 9.63. The zero-order valence-corrected chi connectivity index (χ0v) is 24.9. The molecule has 0 unspecified atom stereocenters. The number of halogens is 1. The van der Waals surface area contributed by atoms with Crippen LogP contribution in [0.15, 0.2) is 76.0 Å². The lowest BCUT2D eigenvalue weighted by molar-refractivity contribution is -0.138. The monoisotopic (exact) mass is 597 g/mol. The Morgan fingerprint density at radius 1 is 0.927 bits per heavy atom. The van der Waals surface area contributed by atoms with Crippen LogP contribution in [0.4, 0.5) is 0 Å². The Morgan fingerprint density at radius 2 is 1.46 bits per heavy atom. The van der Waals surface area contributed by atoms with Gasteiger partial charge < -0.3 is 14.2 Å². The molecular formula is C31H32ClNO7S. The van der Waals surface area contributed by atoms with Crippen molar-refractivity contribution in [1.82, 2.24) is 4.90 Å².